The number of amides is 1. The maximum absolute atomic E-state index is 13.8. The van der Waals surface area contributed by atoms with Crippen molar-refractivity contribution in [1.82, 2.24) is 19.3 Å². The van der Waals surface area contributed by atoms with Gasteiger partial charge in [-0.2, -0.15) is 0 Å². The zero-order chi connectivity index (χ0) is 27.0. The number of aromatic amines is 1. The number of nitrogens with one attached hydrogen (secondary N) is 2. The average molecular weight is 568 g/mol. The van der Waals surface area contributed by atoms with Gasteiger partial charge >= 0.3 is 0 Å². The third-order valence-electron chi connectivity index (χ3n) is 5.85. The molecule has 0 saturated heterocycles. The van der Waals surface area contributed by atoms with Gasteiger partial charge in [0.15, 0.2) is 0 Å². The molecule has 0 fully saturated rings. The number of rotatable bonds is 6. The van der Waals surface area contributed by atoms with Crippen LogP contribution in [0.1, 0.15) is 16.1 Å². The Hall–Kier alpha value is -4.12. The Bertz CT molecular complexity index is 1880. The number of anilines is 1. The second-order valence-corrected chi connectivity index (χ2v) is 10.9. The van der Waals surface area contributed by atoms with E-state index in [1.165, 1.54) is 36.7 Å². The molecule has 5 rings (SSSR count). The summed E-state index contributed by atoms with van der Waals surface area (Å²) in [6.07, 6.45) is 2.99. The Morgan fingerprint density at radius 2 is 1.82 bits per heavy atom. The van der Waals surface area contributed by atoms with Crippen molar-refractivity contribution in [2.45, 2.75) is 11.4 Å². The highest BCUT2D eigenvalue weighted by molar-refractivity contribution is 7.90. The van der Waals surface area contributed by atoms with E-state index < -0.39 is 21.5 Å². The molecule has 0 unspecified atom stereocenters. The van der Waals surface area contributed by atoms with E-state index in [1.54, 1.807) is 47.0 Å². The van der Waals surface area contributed by atoms with E-state index in [0.717, 1.165) is 0 Å². The standard InChI is InChI=1S/C26H19Cl2N5O4S/c27-16-3-1-4-18(12-16)38(36,37)32-26(35)24-23(19-5-2-9-31-25(19)34)20-13-17(28)6-7-21(20)33(24)14-15-8-10-30-22(29)11-15/h1-13H,14H2,(H2,29,30)(H,31,34)(H,32,35). The summed E-state index contributed by atoms with van der Waals surface area (Å²) in [5, 5.41) is 1.05. The van der Waals surface area contributed by atoms with Crippen LogP contribution in [-0.4, -0.2) is 28.9 Å². The number of nitrogens with two attached hydrogens (primary N) is 1. The smallest absolute Gasteiger partial charge is 0.282 e. The summed E-state index contributed by atoms with van der Waals surface area (Å²) in [6.45, 7) is 0.121. The molecule has 0 atom stereocenters. The summed E-state index contributed by atoms with van der Waals surface area (Å²) < 4.78 is 30.1. The summed E-state index contributed by atoms with van der Waals surface area (Å²) in [5.41, 5.74) is 6.98. The van der Waals surface area contributed by atoms with Crippen molar-refractivity contribution in [3.63, 3.8) is 0 Å². The minimum absolute atomic E-state index is 0.0556. The van der Waals surface area contributed by atoms with Gasteiger partial charge in [-0.25, -0.2) is 18.1 Å². The molecule has 9 nitrogen and oxygen atoms in total. The Morgan fingerprint density at radius 1 is 1.03 bits per heavy atom. The zero-order valence-corrected chi connectivity index (χ0v) is 21.8. The van der Waals surface area contributed by atoms with Gasteiger partial charge in [0, 0.05) is 51.0 Å². The van der Waals surface area contributed by atoms with E-state index in [1.807, 2.05) is 0 Å². The predicted molar refractivity (Wildman–Crippen MR) is 147 cm³/mol. The number of fused-ring (bicyclic) bond motifs is 1. The molecule has 0 radical (unpaired) electrons. The molecule has 0 spiro atoms. The first-order valence-corrected chi connectivity index (χ1v) is 13.4. The van der Waals surface area contributed by atoms with Crippen LogP contribution in [-0.2, 0) is 16.6 Å². The van der Waals surface area contributed by atoms with Crippen LogP contribution in [0.4, 0.5) is 5.82 Å². The molecule has 5 aromatic rings. The molecule has 1 amide bonds. The molecule has 0 saturated carbocycles. The third kappa shape index (κ3) is 4.89. The van der Waals surface area contributed by atoms with Crippen LogP contribution >= 0.6 is 23.2 Å². The maximum atomic E-state index is 13.8. The Balaban J connectivity index is 1.77. The summed E-state index contributed by atoms with van der Waals surface area (Å²) in [7, 11) is -4.32. The van der Waals surface area contributed by atoms with E-state index in [4.69, 9.17) is 28.9 Å². The highest BCUT2D eigenvalue weighted by atomic mass is 35.5. The number of halogens is 2. The second kappa shape index (κ2) is 9.97. The number of benzene rings is 2. The fourth-order valence-electron chi connectivity index (χ4n) is 4.26. The summed E-state index contributed by atoms with van der Waals surface area (Å²) in [6, 6.07) is 17.0. The van der Waals surface area contributed by atoms with Crippen LogP contribution in [0.25, 0.3) is 22.0 Å². The molecular weight excluding hydrogens is 549 g/mol. The molecule has 38 heavy (non-hydrogen) atoms. The molecule has 0 aliphatic rings. The molecule has 0 aliphatic carbocycles. The second-order valence-electron chi connectivity index (χ2n) is 8.37. The zero-order valence-electron chi connectivity index (χ0n) is 19.5. The predicted octanol–water partition coefficient (Wildman–Crippen LogP) is 4.45. The fraction of sp³-hybridized carbons (Fsp3) is 0.0385. The molecule has 12 heteroatoms. The van der Waals surface area contributed by atoms with Crippen molar-refractivity contribution < 1.29 is 13.2 Å². The molecule has 3 heterocycles. The number of H-pyrrole nitrogens is 1. The normalized spacial score (nSPS) is 11.5. The number of carbonyl (C=O) groups excluding carboxylic acids is 1. The first-order valence-electron chi connectivity index (χ1n) is 11.2. The summed E-state index contributed by atoms with van der Waals surface area (Å²) >= 11 is 12.3. The van der Waals surface area contributed by atoms with Crippen molar-refractivity contribution in [3.8, 4) is 11.1 Å². The van der Waals surface area contributed by atoms with Crippen LogP contribution in [0, 0.1) is 0 Å². The lowest BCUT2D eigenvalue weighted by Gasteiger charge is -2.14. The first kappa shape index (κ1) is 25.5. The largest absolute Gasteiger partial charge is 0.384 e. The maximum Gasteiger partial charge on any atom is 0.282 e. The Kier molecular flexibility index (Phi) is 6.70. The lowest BCUT2D eigenvalue weighted by Crippen LogP contribution is -2.33. The van der Waals surface area contributed by atoms with Crippen LogP contribution < -0.4 is 16.0 Å². The van der Waals surface area contributed by atoms with E-state index in [-0.39, 0.29) is 39.1 Å². The average Bonchev–Trinajstić information content (AvgIpc) is 3.17. The number of pyridine rings is 2. The molecule has 0 bridgehead atoms. The first-order chi connectivity index (χ1) is 18.1. The van der Waals surface area contributed by atoms with E-state index >= 15 is 0 Å². The van der Waals surface area contributed by atoms with Gasteiger partial charge in [-0.3, -0.25) is 9.59 Å². The molecule has 2 aromatic carbocycles. The van der Waals surface area contributed by atoms with Crippen LogP contribution in [0.3, 0.4) is 0 Å². The molecule has 0 aliphatic heterocycles. The van der Waals surface area contributed by atoms with E-state index in [2.05, 4.69) is 14.7 Å². The van der Waals surface area contributed by atoms with Crippen molar-refractivity contribution in [3.05, 3.63) is 111 Å². The lowest BCUT2D eigenvalue weighted by atomic mass is 10.0. The van der Waals surface area contributed by atoms with Crippen molar-refractivity contribution in [2.75, 3.05) is 5.73 Å². The number of hydrogen-bond acceptors (Lipinski definition) is 6. The van der Waals surface area contributed by atoms with Gasteiger partial charge in [-0.1, -0.05) is 29.3 Å². The number of nitrogens with zero attached hydrogens (tertiary/aromatic N) is 2. The number of sulfonamides is 1. The van der Waals surface area contributed by atoms with Gasteiger partial charge < -0.3 is 15.3 Å². The van der Waals surface area contributed by atoms with Gasteiger partial charge in [-0.15, -0.1) is 0 Å². The van der Waals surface area contributed by atoms with E-state index in [0.29, 0.717) is 21.5 Å². The van der Waals surface area contributed by atoms with Gasteiger partial charge in [0.25, 0.3) is 21.5 Å². The van der Waals surface area contributed by atoms with Crippen LogP contribution in [0.15, 0.2) is 88.8 Å². The topological polar surface area (TPSA) is 140 Å². The van der Waals surface area contributed by atoms with Gasteiger partial charge in [0.2, 0.25) is 0 Å². The number of hydrogen-bond donors (Lipinski definition) is 3. The summed E-state index contributed by atoms with van der Waals surface area (Å²) in [5.74, 6) is -0.672. The van der Waals surface area contributed by atoms with Crippen LogP contribution in [0.5, 0.6) is 0 Å². The Morgan fingerprint density at radius 3 is 2.55 bits per heavy atom. The highest BCUT2D eigenvalue weighted by Gasteiger charge is 2.29. The molecule has 4 N–H and O–H groups in total. The number of aromatic nitrogens is 3. The molecular formula is C26H19Cl2N5O4S. The summed E-state index contributed by atoms with van der Waals surface area (Å²) in [4.78, 5) is 33.1. The van der Waals surface area contributed by atoms with E-state index in [9.17, 15) is 18.0 Å². The molecule has 3 aromatic heterocycles. The van der Waals surface area contributed by atoms with Crippen molar-refractivity contribution in [1.29, 1.82) is 0 Å². The Labute approximate surface area is 226 Å². The third-order valence-corrected chi connectivity index (χ3v) is 7.65. The van der Waals surface area contributed by atoms with Crippen molar-refractivity contribution >= 4 is 55.9 Å². The lowest BCUT2D eigenvalue weighted by molar-refractivity contribution is 0.0974. The van der Waals surface area contributed by atoms with Gasteiger partial charge in [0.1, 0.15) is 11.5 Å². The fourth-order valence-corrected chi connectivity index (χ4v) is 5.68. The van der Waals surface area contributed by atoms with Crippen LogP contribution in [0.2, 0.25) is 10.0 Å². The minimum Gasteiger partial charge on any atom is -0.384 e. The monoisotopic (exact) mass is 567 g/mol. The number of nitrogen functional groups attached to an aromatic ring is 1. The molecule has 192 valence electrons. The van der Waals surface area contributed by atoms with Gasteiger partial charge in [-0.05, 0) is 66.2 Å². The van der Waals surface area contributed by atoms with Gasteiger partial charge in [0.05, 0.1) is 4.90 Å². The minimum atomic E-state index is -4.32. The SMILES string of the molecule is Nc1cc(Cn2c(C(=O)NS(=O)(=O)c3cccc(Cl)c3)c(-c3ccc[nH]c3=O)c3cc(Cl)ccc32)ccn1. The number of carbonyl (C=O) groups is 1. The van der Waals surface area contributed by atoms with Crippen molar-refractivity contribution in [2.24, 2.45) is 0 Å². The highest BCUT2D eigenvalue weighted by Crippen LogP contribution is 2.36. The quantitative estimate of drug-likeness (QED) is 0.277.